The van der Waals surface area contributed by atoms with Gasteiger partial charge in [0.2, 0.25) is 5.91 Å². The predicted octanol–water partition coefficient (Wildman–Crippen LogP) is 2.00. The SMILES string of the molecule is O=C1CCCN1Cc1cn(C2CN(C(=O)c3ccc(OC(F)(F)F)cc3)C2)nn1. The molecule has 29 heavy (non-hydrogen) atoms. The Hall–Kier alpha value is -3.11. The Morgan fingerprint density at radius 3 is 2.55 bits per heavy atom. The topological polar surface area (TPSA) is 80.6 Å². The van der Waals surface area contributed by atoms with Crippen molar-refractivity contribution in [3.8, 4) is 5.75 Å². The minimum Gasteiger partial charge on any atom is -0.406 e. The van der Waals surface area contributed by atoms with Crippen LogP contribution in [0.3, 0.4) is 0 Å². The molecule has 0 spiro atoms. The number of halogens is 3. The minimum absolute atomic E-state index is 0.0256. The van der Waals surface area contributed by atoms with E-state index in [9.17, 15) is 22.8 Å². The third kappa shape index (κ3) is 4.33. The number of hydrogen-bond donors (Lipinski definition) is 0. The number of ether oxygens (including phenoxy) is 1. The fourth-order valence-electron chi connectivity index (χ4n) is 3.40. The smallest absolute Gasteiger partial charge is 0.406 e. The third-order valence-corrected chi connectivity index (χ3v) is 4.94. The first kappa shape index (κ1) is 19.2. The Balaban J connectivity index is 1.30. The molecule has 3 heterocycles. The summed E-state index contributed by atoms with van der Waals surface area (Å²) in [6, 6.07) is 4.81. The Labute approximate surface area is 163 Å². The van der Waals surface area contributed by atoms with Crippen LogP contribution in [-0.2, 0) is 11.3 Å². The molecule has 0 aliphatic carbocycles. The van der Waals surface area contributed by atoms with Crippen LogP contribution in [0.4, 0.5) is 13.2 Å². The number of carbonyl (C=O) groups excluding carboxylic acids is 2. The number of aromatic nitrogens is 3. The highest BCUT2D eigenvalue weighted by atomic mass is 19.4. The molecule has 2 fully saturated rings. The highest BCUT2D eigenvalue weighted by Crippen LogP contribution is 2.26. The number of rotatable bonds is 5. The summed E-state index contributed by atoms with van der Waals surface area (Å²) in [5.74, 6) is -0.531. The van der Waals surface area contributed by atoms with E-state index < -0.39 is 6.36 Å². The lowest BCUT2D eigenvalue weighted by Gasteiger charge is -2.38. The van der Waals surface area contributed by atoms with Crippen molar-refractivity contribution < 1.29 is 27.5 Å². The maximum absolute atomic E-state index is 12.4. The zero-order valence-electron chi connectivity index (χ0n) is 15.3. The van der Waals surface area contributed by atoms with Crippen molar-refractivity contribution in [3.63, 3.8) is 0 Å². The lowest BCUT2D eigenvalue weighted by molar-refractivity contribution is -0.274. The molecule has 2 saturated heterocycles. The van der Waals surface area contributed by atoms with Crippen LogP contribution in [-0.4, -0.2) is 62.6 Å². The van der Waals surface area contributed by atoms with E-state index in [0.717, 1.165) is 25.1 Å². The Morgan fingerprint density at radius 1 is 1.21 bits per heavy atom. The first-order chi connectivity index (χ1) is 13.8. The standard InChI is InChI=1S/C18H18F3N5O3/c19-18(20,21)29-15-5-3-12(4-6-15)17(28)25-10-14(11-25)26-9-13(22-23-26)8-24-7-1-2-16(24)27/h3-6,9,14H,1-2,7-8,10-11H2. The van der Waals surface area contributed by atoms with E-state index in [1.54, 1.807) is 20.7 Å². The number of carbonyl (C=O) groups is 2. The molecule has 2 amide bonds. The highest BCUT2D eigenvalue weighted by molar-refractivity contribution is 5.94. The normalized spacial score (nSPS) is 17.6. The summed E-state index contributed by atoms with van der Waals surface area (Å²) in [6.45, 7) is 2.00. The molecule has 2 aromatic rings. The van der Waals surface area contributed by atoms with Crippen molar-refractivity contribution in [1.29, 1.82) is 0 Å². The van der Waals surface area contributed by atoms with Gasteiger partial charge in [0.25, 0.3) is 5.91 Å². The number of likely N-dealkylation sites (tertiary alicyclic amines) is 2. The molecule has 0 bridgehead atoms. The van der Waals surface area contributed by atoms with E-state index in [-0.39, 0.29) is 29.2 Å². The molecular weight excluding hydrogens is 391 g/mol. The molecule has 11 heteroatoms. The van der Waals surface area contributed by atoms with Gasteiger partial charge in [0.05, 0.1) is 18.8 Å². The maximum Gasteiger partial charge on any atom is 0.573 e. The van der Waals surface area contributed by atoms with Crippen molar-refractivity contribution in [2.24, 2.45) is 0 Å². The van der Waals surface area contributed by atoms with Crippen LogP contribution in [0.2, 0.25) is 0 Å². The summed E-state index contributed by atoms with van der Waals surface area (Å²) in [5, 5.41) is 8.18. The molecule has 1 aromatic carbocycles. The van der Waals surface area contributed by atoms with Gasteiger partial charge in [-0.3, -0.25) is 9.59 Å². The van der Waals surface area contributed by atoms with Gasteiger partial charge in [-0.05, 0) is 30.7 Å². The molecule has 154 valence electrons. The van der Waals surface area contributed by atoms with Crippen LogP contribution in [0, 0.1) is 0 Å². The first-order valence-electron chi connectivity index (χ1n) is 9.12. The number of benzene rings is 1. The van der Waals surface area contributed by atoms with E-state index in [4.69, 9.17) is 0 Å². The molecule has 8 nitrogen and oxygen atoms in total. The highest BCUT2D eigenvalue weighted by Gasteiger charge is 2.34. The quantitative estimate of drug-likeness (QED) is 0.755. The number of nitrogens with zero attached hydrogens (tertiary/aromatic N) is 5. The molecule has 0 saturated carbocycles. The van der Waals surface area contributed by atoms with E-state index >= 15 is 0 Å². The van der Waals surface area contributed by atoms with Crippen LogP contribution in [0.25, 0.3) is 0 Å². The average Bonchev–Trinajstić information content (AvgIpc) is 3.23. The molecule has 4 rings (SSSR count). The molecule has 1 aromatic heterocycles. The van der Waals surface area contributed by atoms with Crippen molar-refractivity contribution in [2.75, 3.05) is 19.6 Å². The number of alkyl halides is 3. The van der Waals surface area contributed by atoms with Crippen molar-refractivity contribution in [3.05, 3.63) is 41.7 Å². The van der Waals surface area contributed by atoms with Gasteiger partial charge in [0.1, 0.15) is 11.4 Å². The summed E-state index contributed by atoms with van der Waals surface area (Å²) in [6.07, 6.45) is -1.57. The number of hydrogen-bond acceptors (Lipinski definition) is 5. The summed E-state index contributed by atoms with van der Waals surface area (Å²) < 4.78 is 42.1. The monoisotopic (exact) mass is 409 g/mol. The summed E-state index contributed by atoms with van der Waals surface area (Å²) in [5.41, 5.74) is 0.982. The first-order valence-corrected chi connectivity index (χ1v) is 9.12. The molecular formula is C18H18F3N5O3. The van der Waals surface area contributed by atoms with Gasteiger partial charge < -0.3 is 14.5 Å². The van der Waals surface area contributed by atoms with Crippen LogP contribution >= 0.6 is 0 Å². The van der Waals surface area contributed by atoms with Crippen molar-refractivity contribution in [1.82, 2.24) is 24.8 Å². The zero-order valence-corrected chi connectivity index (χ0v) is 15.3. The van der Waals surface area contributed by atoms with E-state index in [1.165, 1.54) is 12.1 Å². The zero-order chi connectivity index (χ0) is 20.6. The van der Waals surface area contributed by atoms with Gasteiger partial charge in [-0.1, -0.05) is 5.21 Å². The lowest BCUT2D eigenvalue weighted by Crippen LogP contribution is -2.50. The Morgan fingerprint density at radius 2 is 1.93 bits per heavy atom. The van der Waals surface area contributed by atoms with Gasteiger partial charge in [-0.2, -0.15) is 0 Å². The van der Waals surface area contributed by atoms with E-state index in [2.05, 4.69) is 15.0 Å². The fraction of sp³-hybridized carbons (Fsp3) is 0.444. The fourth-order valence-corrected chi connectivity index (χ4v) is 3.40. The molecule has 2 aliphatic heterocycles. The van der Waals surface area contributed by atoms with Gasteiger partial charge in [0.15, 0.2) is 0 Å². The van der Waals surface area contributed by atoms with Crippen molar-refractivity contribution in [2.45, 2.75) is 31.8 Å². The summed E-state index contributed by atoms with van der Waals surface area (Å²) in [4.78, 5) is 27.5. The average molecular weight is 409 g/mol. The van der Waals surface area contributed by atoms with Gasteiger partial charge in [-0.15, -0.1) is 18.3 Å². The predicted molar refractivity (Wildman–Crippen MR) is 92.7 cm³/mol. The Bertz CT molecular complexity index is 906. The molecule has 0 atom stereocenters. The molecule has 0 radical (unpaired) electrons. The second-order valence-corrected chi connectivity index (χ2v) is 7.04. The molecule has 0 unspecified atom stereocenters. The van der Waals surface area contributed by atoms with Crippen LogP contribution in [0.1, 0.15) is 34.9 Å². The van der Waals surface area contributed by atoms with Gasteiger partial charge >= 0.3 is 6.36 Å². The van der Waals surface area contributed by atoms with Crippen molar-refractivity contribution >= 4 is 11.8 Å². The Kier molecular flexibility index (Phi) is 4.89. The maximum atomic E-state index is 12.4. The largest absolute Gasteiger partial charge is 0.573 e. The second-order valence-electron chi connectivity index (χ2n) is 7.04. The second kappa shape index (κ2) is 7.37. The van der Waals surface area contributed by atoms with E-state index in [0.29, 0.717) is 31.7 Å². The third-order valence-electron chi connectivity index (χ3n) is 4.94. The number of amides is 2. The lowest BCUT2D eigenvalue weighted by atomic mass is 10.1. The van der Waals surface area contributed by atoms with Gasteiger partial charge in [0, 0.05) is 31.6 Å². The summed E-state index contributed by atoms with van der Waals surface area (Å²) in [7, 11) is 0. The molecule has 0 N–H and O–H groups in total. The van der Waals surface area contributed by atoms with Gasteiger partial charge in [-0.25, -0.2) is 4.68 Å². The summed E-state index contributed by atoms with van der Waals surface area (Å²) >= 11 is 0. The minimum atomic E-state index is -4.77. The van der Waals surface area contributed by atoms with Crippen LogP contribution < -0.4 is 4.74 Å². The van der Waals surface area contributed by atoms with E-state index in [1.807, 2.05) is 0 Å². The molecule has 2 aliphatic rings. The van der Waals surface area contributed by atoms with Crippen LogP contribution in [0.15, 0.2) is 30.5 Å². The van der Waals surface area contributed by atoms with Crippen LogP contribution in [0.5, 0.6) is 5.75 Å².